The van der Waals surface area contributed by atoms with Crippen LogP contribution < -0.4 is 5.73 Å². The number of hydrogen-bond donors (Lipinski definition) is 2. The summed E-state index contributed by atoms with van der Waals surface area (Å²) in [5, 5.41) is 9.77. The number of hydrogen-bond acceptors (Lipinski definition) is 4. The summed E-state index contributed by atoms with van der Waals surface area (Å²) in [6.45, 7) is 1.68. The van der Waals surface area contributed by atoms with Crippen molar-refractivity contribution in [2.24, 2.45) is 5.73 Å². The van der Waals surface area contributed by atoms with Gasteiger partial charge in [0.1, 0.15) is 12.1 Å². The van der Waals surface area contributed by atoms with Crippen LogP contribution in [0.1, 0.15) is 24.2 Å². The van der Waals surface area contributed by atoms with Gasteiger partial charge >= 0.3 is 12.1 Å². The fourth-order valence-electron chi connectivity index (χ4n) is 1.44. The van der Waals surface area contributed by atoms with E-state index in [9.17, 15) is 23.1 Å². The molecule has 0 aliphatic heterocycles. The summed E-state index contributed by atoms with van der Waals surface area (Å²) in [6, 6.07) is 2.45. The first-order chi connectivity index (χ1) is 8.77. The number of ether oxygens (including phenoxy) is 1. The van der Waals surface area contributed by atoms with Crippen LogP contribution in [0, 0.1) is 0 Å². The molecule has 3 N–H and O–H groups in total. The van der Waals surface area contributed by atoms with Crippen molar-refractivity contribution >= 4 is 5.97 Å². The monoisotopic (exact) mass is 277 g/mol. The van der Waals surface area contributed by atoms with Crippen LogP contribution in [-0.4, -0.2) is 23.7 Å². The Morgan fingerprint density at radius 1 is 1.37 bits per heavy atom. The molecule has 0 aliphatic rings. The fourth-order valence-corrected chi connectivity index (χ4v) is 1.44. The van der Waals surface area contributed by atoms with Crippen molar-refractivity contribution in [2.45, 2.75) is 25.2 Å². The first kappa shape index (κ1) is 15.5. The van der Waals surface area contributed by atoms with Crippen LogP contribution in [-0.2, 0) is 15.7 Å². The zero-order chi connectivity index (χ0) is 14.6. The summed E-state index contributed by atoms with van der Waals surface area (Å²) >= 11 is 0. The molecule has 106 valence electrons. The maximum Gasteiger partial charge on any atom is 0.416 e. The predicted molar refractivity (Wildman–Crippen MR) is 61.0 cm³/mol. The second-order valence-electron chi connectivity index (χ2n) is 3.84. The topological polar surface area (TPSA) is 72.5 Å². The molecule has 0 heterocycles. The van der Waals surface area contributed by atoms with E-state index in [1.54, 1.807) is 6.92 Å². The maximum absolute atomic E-state index is 12.3. The van der Waals surface area contributed by atoms with Crippen LogP contribution in [0.25, 0.3) is 0 Å². The molecule has 0 aromatic heterocycles. The molecule has 0 saturated heterocycles. The van der Waals surface area contributed by atoms with Gasteiger partial charge in [-0.3, -0.25) is 4.79 Å². The quantitative estimate of drug-likeness (QED) is 0.820. The highest BCUT2D eigenvalue weighted by atomic mass is 19.4. The third kappa shape index (κ3) is 3.93. The second kappa shape index (κ2) is 6.03. The van der Waals surface area contributed by atoms with Gasteiger partial charge in [-0.1, -0.05) is 12.1 Å². The van der Waals surface area contributed by atoms with Gasteiger partial charge in [0.2, 0.25) is 0 Å². The number of carbonyl (C=O) groups is 1. The van der Waals surface area contributed by atoms with E-state index in [2.05, 4.69) is 4.74 Å². The largest absolute Gasteiger partial charge is 0.465 e. The van der Waals surface area contributed by atoms with Gasteiger partial charge in [-0.15, -0.1) is 0 Å². The number of benzene rings is 1. The highest BCUT2D eigenvalue weighted by Crippen LogP contribution is 2.30. The zero-order valence-electron chi connectivity index (χ0n) is 10.1. The molecule has 0 unspecified atom stereocenters. The lowest BCUT2D eigenvalue weighted by molar-refractivity contribution is -0.147. The molecule has 4 nitrogen and oxygen atoms in total. The van der Waals surface area contributed by atoms with Gasteiger partial charge < -0.3 is 15.6 Å². The SMILES string of the molecule is CCOC(=O)[C@H](N)[C@@H](O)c1ccc(C(F)(F)F)cc1. The van der Waals surface area contributed by atoms with Crippen molar-refractivity contribution in [1.82, 2.24) is 0 Å². The summed E-state index contributed by atoms with van der Waals surface area (Å²) in [7, 11) is 0. The number of esters is 1. The second-order valence-corrected chi connectivity index (χ2v) is 3.84. The van der Waals surface area contributed by atoms with E-state index in [1.807, 2.05) is 0 Å². The van der Waals surface area contributed by atoms with Crippen molar-refractivity contribution in [3.05, 3.63) is 35.4 Å². The average molecular weight is 277 g/mol. The van der Waals surface area contributed by atoms with Crippen LogP contribution in [0.15, 0.2) is 24.3 Å². The van der Waals surface area contributed by atoms with Crippen LogP contribution in [0.5, 0.6) is 0 Å². The van der Waals surface area contributed by atoms with Crippen molar-refractivity contribution in [2.75, 3.05) is 6.61 Å². The lowest BCUT2D eigenvalue weighted by atomic mass is 10.0. The van der Waals surface area contributed by atoms with Crippen LogP contribution in [0.3, 0.4) is 0 Å². The lowest BCUT2D eigenvalue weighted by Gasteiger charge is -2.18. The Kier molecular flexibility index (Phi) is 4.90. The zero-order valence-corrected chi connectivity index (χ0v) is 10.1. The number of halogens is 3. The van der Waals surface area contributed by atoms with E-state index in [0.29, 0.717) is 0 Å². The van der Waals surface area contributed by atoms with Crippen LogP contribution >= 0.6 is 0 Å². The van der Waals surface area contributed by atoms with Crippen molar-refractivity contribution in [3.63, 3.8) is 0 Å². The van der Waals surface area contributed by atoms with E-state index in [4.69, 9.17) is 5.73 Å². The summed E-state index contributed by atoms with van der Waals surface area (Å²) < 4.78 is 41.7. The number of aliphatic hydroxyl groups is 1. The van der Waals surface area contributed by atoms with E-state index in [-0.39, 0.29) is 12.2 Å². The minimum absolute atomic E-state index is 0.103. The number of nitrogens with two attached hydrogens (primary N) is 1. The number of aliphatic hydroxyl groups excluding tert-OH is 1. The first-order valence-electron chi connectivity index (χ1n) is 5.54. The Balaban J connectivity index is 2.83. The fraction of sp³-hybridized carbons (Fsp3) is 0.417. The van der Waals surface area contributed by atoms with Gasteiger partial charge in [-0.2, -0.15) is 13.2 Å². The molecule has 0 fully saturated rings. The summed E-state index contributed by atoms with van der Waals surface area (Å²) in [5.74, 6) is -0.810. The molecule has 19 heavy (non-hydrogen) atoms. The molecule has 1 aromatic rings. The van der Waals surface area contributed by atoms with Crippen LogP contribution in [0.2, 0.25) is 0 Å². The summed E-state index contributed by atoms with van der Waals surface area (Å²) in [5.41, 5.74) is 4.74. The molecular formula is C12H14F3NO3. The molecule has 0 aliphatic carbocycles. The maximum atomic E-state index is 12.3. The van der Waals surface area contributed by atoms with Gasteiger partial charge in [0, 0.05) is 0 Å². The molecule has 1 rings (SSSR count). The van der Waals surface area contributed by atoms with E-state index >= 15 is 0 Å². The van der Waals surface area contributed by atoms with Gasteiger partial charge in [0.05, 0.1) is 12.2 Å². The third-order valence-electron chi connectivity index (χ3n) is 2.48. The Morgan fingerprint density at radius 2 is 1.89 bits per heavy atom. The molecule has 0 bridgehead atoms. The molecule has 2 atom stereocenters. The number of carbonyl (C=O) groups excluding carboxylic acids is 1. The average Bonchev–Trinajstić information content (AvgIpc) is 2.36. The standard InChI is InChI=1S/C12H14F3NO3/c1-2-19-11(18)9(16)10(17)7-3-5-8(6-4-7)12(13,14)15/h3-6,9-10,17H,2,16H2,1H3/t9-,10+/m1/s1. The molecule has 1 aromatic carbocycles. The Labute approximate surface area is 108 Å². The van der Waals surface area contributed by atoms with Gasteiger partial charge in [-0.25, -0.2) is 0 Å². The Morgan fingerprint density at radius 3 is 2.32 bits per heavy atom. The Hall–Kier alpha value is -1.60. The smallest absolute Gasteiger partial charge is 0.416 e. The molecular weight excluding hydrogens is 263 g/mol. The van der Waals surface area contributed by atoms with Gasteiger partial charge in [0.15, 0.2) is 0 Å². The molecule has 0 saturated carbocycles. The van der Waals surface area contributed by atoms with Gasteiger partial charge in [0.25, 0.3) is 0 Å². The first-order valence-corrected chi connectivity index (χ1v) is 5.54. The predicted octanol–water partition coefficient (Wildman–Crippen LogP) is 1.63. The van der Waals surface area contributed by atoms with Crippen molar-refractivity contribution < 1.29 is 27.8 Å². The third-order valence-corrected chi connectivity index (χ3v) is 2.48. The van der Waals surface area contributed by atoms with E-state index in [0.717, 1.165) is 24.3 Å². The minimum Gasteiger partial charge on any atom is -0.465 e. The summed E-state index contributed by atoms with van der Waals surface area (Å²) in [4.78, 5) is 11.3. The highest BCUT2D eigenvalue weighted by Gasteiger charge is 2.31. The minimum atomic E-state index is -4.45. The molecule has 0 amide bonds. The van der Waals surface area contributed by atoms with E-state index in [1.165, 1.54) is 0 Å². The van der Waals surface area contributed by atoms with Gasteiger partial charge in [-0.05, 0) is 24.6 Å². The van der Waals surface area contributed by atoms with Crippen molar-refractivity contribution in [1.29, 1.82) is 0 Å². The molecule has 0 radical (unpaired) electrons. The normalized spacial score (nSPS) is 14.8. The molecule has 7 heteroatoms. The number of alkyl halides is 3. The van der Waals surface area contributed by atoms with Crippen molar-refractivity contribution in [3.8, 4) is 0 Å². The highest BCUT2D eigenvalue weighted by molar-refractivity contribution is 5.76. The molecule has 0 spiro atoms. The van der Waals surface area contributed by atoms with Crippen LogP contribution in [0.4, 0.5) is 13.2 Å². The lowest BCUT2D eigenvalue weighted by Crippen LogP contribution is -2.38. The number of rotatable bonds is 4. The van der Waals surface area contributed by atoms with E-state index < -0.39 is 29.9 Å². The summed E-state index contributed by atoms with van der Waals surface area (Å²) in [6.07, 6.45) is -5.87. The Bertz CT molecular complexity index is 431.